The highest BCUT2D eigenvalue weighted by Gasteiger charge is 2.27. The van der Waals surface area contributed by atoms with Gasteiger partial charge in [-0.1, -0.05) is 18.2 Å². The van der Waals surface area contributed by atoms with Crippen LogP contribution in [0.15, 0.2) is 67.8 Å². The van der Waals surface area contributed by atoms with Crippen LogP contribution < -0.4 is 25.6 Å². The average Bonchev–Trinajstić information content (AvgIpc) is 3.10. The van der Waals surface area contributed by atoms with Gasteiger partial charge in [-0.3, -0.25) is 29.7 Å². The first-order chi connectivity index (χ1) is 23.8. The van der Waals surface area contributed by atoms with Crippen LogP contribution in [0.3, 0.4) is 0 Å². The first kappa shape index (κ1) is 33.7. The normalized spacial score (nSPS) is 15.6. The van der Waals surface area contributed by atoms with Crippen molar-refractivity contribution in [1.82, 2.24) is 30.1 Å². The van der Waals surface area contributed by atoms with Gasteiger partial charge in [0.2, 0.25) is 11.8 Å². The van der Waals surface area contributed by atoms with Gasteiger partial charge >= 0.3 is 6.03 Å². The molecule has 6 rings (SSSR count). The van der Waals surface area contributed by atoms with E-state index in [-0.39, 0.29) is 17.4 Å². The van der Waals surface area contributed by atoms with Gasteiger partial charge in [0.05, 0.1) is 34.7 Å². The summed E-state index contributed by atoms with van der Waals surface area (Å²) in [7, 11) is 0. The minimum Gasteiger partial charge on any atom is -0.491 e. The molecule has 0 radical (unpaired) electrons. The molecule has 2 aromatic carbocycles. The number of nitrogens with one attached hydrogen (secondary N) is 3. The monoisotopic (exact) mass is 687 g/mol. The van der Waals surface area contributed by atoms with Gasteiger partial charge in [-0.15, -0.1) is 0 Å². The fraction of sp³-hybridized carbons (Fsp3) is 0.294. The predicted molar refractivity (Wildman–Crippen MR) is 185 cm³/mol. The smallest absolute Gasteiger partial charge is 0.328 e. The number of anilines is 4. The van der Waals surface area contributed by atoms with E-state index in [1.165, 1.54) is 24.5 Å². The van der Waals surface area contributed by atoms with E-state index < -0.39 is 17.8 Å². The lowest BCUT2D eigenvalue weighted by Crippen LogP contribution is -2.50. The van der Waals surface area contributed by atoms with E-state index in [1.807, 2.05) is 6.07 Å². The second kappa shape index (κ2) is 15.4. The fourth-order valence-corrected chi connectivity index (χ4v) is 5.94. The maximum atomic E-state index is 13.7. The summed E-state index contributed by atoms with van der Waals surface area (Å²) in [6.45, 7) is 9.26. The van der Waals surface area contributed by atoms with Crippen LogP contribution in [-0.4, -0.2) is 88.5 Å². The Morgan fingerprint density at radius 1 is 1.08 bits per heavy atom. The maximum Gasteiger partial charge on any atom is 0.328 e. The van der Waals surface area contributed by atoms with Crippen LogP contribution >= 0.6 is 11.6 Å². The van der Waals surface area contributed by atoms with Gasteiger partial charge in [0.1, 0.15) is 23.7 Å². The average molecular weight is 688 g/mol. The molecule has 2 aromatic heterocycles. The topological polar surface area (TPSA) is 145 Å². The van der Waals surface area contributed by atoms with Crippen LogP contribution in [-0.2, 0) is 16.1 Å². The highest BCUT2D eigenvalue weighted by atomic mass is 35.5. The van der Waals surface area contributed by atoms with Crippen molar-refractivity contribution < 1.29 is 23.5 Å². The standard InChI is InChI=1S/C34H35ClFN9O4/c1-2-31(46)41-28-17-24-27(38-21-39-33(24)40-23-4-5-26(36)25(35)16-23)18-30(28)49-15-3-9-43-11-13-44(14-12-43)20-22-6-8-37-19-29(22)45-10-7-32(47)42-34(45)48/h2,4-6,8,16-19,21H,1,3,7,9-15,20H2,(H,41,46)(H,38,39,40)(H,42,47,48). The molecule has 0 aliphatic carbocycles. The minimum absolute atomic E-state index is 0.0243. The van der Waals surface area contributed by atoms with Crippen molar-refractivity contribution in [3.05, 3.63) is 84.2 Å². The molecule has 13 nitrogen and oxygen atoms in total. The number of urea groups is 1. The lowest BCUT2D eigenvalue weighted by Gasteiger charge is -2.35. The summed E-state index contributed by atoms with van der Waals surface area (Å²) in [6, 6.07) is 9.25. The number of fused-ring (bicyclic) bond motifs is 1. The number of piperazine rings is 1. The SMILES string of the molecule is C=CC(=O)Nc1cc2c(Nc3ccc(F)c(Cl)c3)ncnc2cc1OCCCN1CCN(Cc2ccncc2N2CCC(=O)NC2=O)CC1. The van der Waals surface area contributed by atoms with Crippen molar-refractivity contribution in [2.45, 2.75) is 19.4 Å². The Balaban J connectivity index is 1.04. The number of imide groups is 1. The van der Waals surface area contributed by atoms with Gasteiger partial charge < -0.3 is 20.3 Å². The number of halogens is 2. The molecule has 2 aliphatic heterocycles. The molecule has 2 saturated heterocycles. The molecule has 0 saturated carbocycles. The number of hydrogen-bond acceptors (Lipinski definition) is 10. The van der Waals surface area contributed by atoms with Crippen LogP contribution in [0.1, 0.15) is 18.4 Å². The van der Waals surface area contributed by atoms with E-state index in [0.29, 0.717) is 53.5 Å². The molecule has 2 aliphatic rings. The van der Waals surface area contributed by atoms with Gasteiger partial charge in [0.25, 0.3) is 0 Å². The molecular weight excluding hydrogens is 653 g/mol. The molecule has 4 heterocycles. The van der Waals surface area contributed by atoms with Crippen LogP contribution in [0.5, 0.6) is 5.75 Å². The quantitative estimate of drug-likeness (QED) is 0.141. The van der Waals surface area contributed by atoms with Crippen molar-refractivity contribution in [3.63, 3.8) is 0 Å². The van der Waals surface area contributed by atoms with Gasteiger partial charge in [-0.2, -0.15) is 0 Å². The summed E-state index contributed by atoms with van der Waals surface area (Å²) in [6.07, 6.45) is 7.00. The first-order valence-corrected chi connectivity index (χ1v) is 16.2. The third-order valence-corrected chi connectivity index (χ3v) is 8.62. The van der Waals surface area contributed by atoms with Gasteiger partial charge in [-0.05, 0) is 48.4 Å². The summed E-state index contributed by atoms with van der Waals surface area (Å²) in [5.41, 5.74) is 3.27. The summed E-state index contributed by atoms with van der Waals surface area (Å²) in [5, 5.41) is 8.91. The molecule has 4 aromatic rings. The van der Waals surface area contributed by atoms with E-state index in [1.54, 1.807) is 35.5 Å². The number of amides is 4. The number of carbonyl (C=O) groups is 3. The van der Waals surface area contributed by atoms with Gasteiger partial charge in [-0.25, -0.2) is 19.2 Å². The molecule has 254 valence electrons. The number of carbonyl (C=O) groups excluding carboxylic acids is 3. The number of rotatable bonds is 12. The van der Waals surface area contributed by atoms with Gasteiger partial charge in [0.15, 0.2) is 0 Å². The Hall–Kier alpha value is -5.18. The Morgan fingerprint density at radius 2 is 1.90 bits per heavy atom. The number of pyridine rings is 1. The van der Waals surface area contributed by atoms with E-state index in [0.717, 1.165) is 50.4 Å². The summed E-state index contributed by atoms with van der Waals surface area (Å²) in [4.78, 5) is 55.6. The molecule has 15 heteroatoms. The third-order valence-electron chi connectivity index (χ3n) is 8.33. The summed E-state index contributed by atoms with van der Waals surface area (Å²) in [5.74, 6) is -0.285. The lowest BCUT2D eigenvalue weighted by atomic mass is 10.1. The Morgan fingerprint density at radius 3 is 2.67 bits per heavy atom. The summed E-state index contributed by atoms with van der Waals surface area (Å²) < 4.78 is 19.8. The lowest BCUT2D eigenvalue weighted by molar-refractivity contribution is -0.120. The van der Waals surface area contributed by atoms with Crippen molar-refractivity contribution in [3.8, 4) is 5.75 Å². The zero-order chi connectivity index (χ0) is 34.3. The molecule has 0 spiro atoms. The zero-order valence-corrected chi connectivity index (χ0v) is 27.4. The second-order valence-electron chi connectivity index (χ2n) is 11.6. The highest BCUT2D eigenvalue weighted by Crippen LogP contribution is 2.34. The molecule has 0 atom stereocenters. The fourth-order valence-electron chi connectivity index (χ4n) is 5.76. The molecule has 2 fully saturated rings. The van der Waals surface area contributed by atoms with E-state index in [9.17, 15) is 18.8 Å². The van der Waals surface area contributed by atoms with Crippen molar-refractivity contribution in [2.75, 3.05) is 61.4 Å². The van der Waals surface area contributed by atoms with E-state index in [2.05, 4.69) is 47.3 Å². The van der Waals surface area contributed by atoms with Crippen LogP contribution in [0.2, 0.25) is 5.02 Å². The molecule has 0 unspecified atom stereocenters. The number of ether oxygens (including phenoxy) is 1. The minimum atomic E-state index is -0.528. The van der Waals surface area contributed by atoms with Crippen LogP contribution in [0.4, 0.5) is 32.1 Å². The Kier molecular flexibility index (Phi) is 10.6. The second-order valence-corrected chi connectivity index (χ2v) is 12.0. The van der Waals surface area contributed by atoms with Crippen LogP contribution in [0, 0.1) is 5.82 Å². The van der Waals surface area contributed by atoms with Gasteiger partial charge in [0, 0.05) is 75.6 Å². The Bertz CT molecular complexity index is 1890. The number of aromatic nitrogens is 3. The van der Waals surface area contributed by atoms with Crippen molar-refractivity contribution >= 4 is 63.2 Å². The summed E-state index contributed by atoms with van der Waals surface area (Å²) >= 11 is 5.95. The molecule has 3 N–H and O–H groups in total. The molecule has 0 bridgehead atoms. The van der Waals surface area contributed by atoms with E-state index >= 15 is 0 Å². The molecule has 4 amide bonds. The number of nitrogens with zero attached hydrogens (tertiary/aromatic N) is 6. The third kappa shape index (κ3) is 8.28. The zero-order valence-electron chi connectivity index (χ0n) is 26.6. The van der Waals surface area contributed by atoms with Crippen molar-refractivity contribution in [1.29, 1.82) is 0 Å². The Labute approximate surface area is 287 Å². The number of hydrogen-bond donors (Lipinski definition) is 3. The largest absolute Gasteiger partial charge is 0.491 e. The van der Waals surface area contributed by atoms with E-state index in [4.69, 9.17) is 16.3 Å². The van der Waals surface area contributed by atoms with Crippen LogP contribution in [0.25, 0.3) is 10.9 Å². The first-order valence-electron chi connectivity index (χ1n) is 15.8. The number of benzene rings is 2. The molecule has 49 heavy (non-hydrogen) atoms. The highest BCUT2D eigenvalue weighted by molar-refractivity contribution is 6.31. The predicted octanol–water partition coefficient (Wildman–Crippen LogP) is 4.72. The molecular formula is C34H35ClFN9O4. The van der Waals surface area contributed by atoms with Crippen molar-refractivity contribution in [2.24, 2.45) is 0 Å². The maximum absolute atomic E-state index is 13.7.